The van der Waals surface area contributed by atoms with Gasteiger partial charge in [0.2, 0.25) is 0 Å². The maximum absolute atomic E-state index is 5.69. The van der Waals surface area contributed by atoms with Crippen molar-refractivity contribution >= 4 is 11.3 Å². The molecule has 1 N–H and O–H groups in total. The molecule has 2 heterocycles. The number of hydrogen-bond acceptors (Lipinski definition) is 3. The van der Waals surface area contributed by atoms with Gasteiger partial charge < -0.3 is 10.1 Å². The van der Waals surface area contributed by atoms with Gasteiger partial charge in [-0.05, 0) is 55.5 Å². The lowest BCUT2D eigenvalue weighted by Gasteiger charge is -2.24. The molecule has 0 aliphatic carbocycles. The van der Waals surface area contributed by atoms with Crippen LogP contribution in [0.5, 0.6) is 0 Å². The Labute approximate surface area is 102 Å². The summed E-state index contributed by atoms with van der Waals surface area (Å²) in [5.41, 5.74) is 1.43. The molecule has 1 saturated heterocycles. The first-order valence-corrected chi connectivity index (χ1v) is 7.08. The fourth-order valence-corrected chi connectivity index (χ4v) is 3.06. The van der Waals surface area contributed by atoms with Crippen molar-refractivity contribution in [3.63, 3.8) is 0 Å². The van der Waals surface area contributed by atoms with E-state index in [1.165, 1.54) is 18.4 Å². The molecule has 0 spiro atoms. The summed E-state index contributed by atoms with van der Waals surface area (Å²) in [4.78, 5) is 0. The second-order valence-electron chi connectivity index (χ2n) is 4.74. The van der Waals surface area contributed by atoms with Crippen molar-refractivity contribution in [2.75, 3.05) is 6.61 Å². The monoisotopic (exact) mass is 239 g/mol. The summed E-state index contributed by atoms with van der Waals surface area (Å²) in [5.74, 6) is 0. The standard InChI is InChI=1S/C13H21NOS/c1-10(8-12-5-7-16-9-12)14-11(2)13-4-3-6-15-13/h5,7,9-11,13-14H,3-4,6,8H2,1-2H3. The van der Waals surface area contributed by atoms with Crippen LogP contribution in [0.1, 0.15) is 32.3 Å². The normalized spacial score (nSPS) is 24.5. The highest BCUT2D eigenvalue weighted by Gasteiger charge is 2.23. The van der Waals surface area contributed by atoms with Crippen LogP contribution in [0.4, 0.5) is 0 Å². The average molecular weight is 239 g/mol. The first kappa shape index (κ1) is 12.1. The zero-order valence-electron chi connectivity index (χ0n) is 10.1. The highest BCUT2D eigenvalue weighted by Crippen LogP contribution is 2.16. The maximum atomic E-state index is 5.69. The minimum atomic E-state index is 0.421. The van der Waals surface area contributed by atoms with Gasteiger partial charge in [0.05, 0.1) is 6.10 Å². The Kier molecular flexibility index (Phi) is 4.38. The van der Waals surface area contributed by atoms with Gasteiger partial charge >= 0.3 is 0 Å². The molecule has 0 bridgehead atoms. The van der Waals surface area contributed by atoms with Gasteiger partial charge in [0.15, 0.2) is 0 Å². The summed E-state index contributed by atoms with van der Waals surface area (Å²) in [7, 11) is 0. The topological polar surface area (TPSA) is 21.3 Å². The van der Waals surface area contributed by atoms with E-state index in [9.17, 15) is 0 Å². The molecule has 1 aromatic heterocycles. The van der Waals surface area contributed by atoms with Crippen molar-refractivity contribution in [3.8, 4) is 0 Å². The fourth-order valence-electron chi connectivity index (χ4n) is 2.37. The first-order chi connectivity index (χ1) is 7.75. The van der Waals surface area contributed by atoms with E-state index in [2.05, 4.69) is 36.0 Å². The second-order valence-corrected chi connectivity index (χ2v) is 5.52. The van der Waals surface area contributed by atoms with Crippen LogP contribution in [0.3, 0.4) is 0 Å². The molecule has 0 aromatic carbocycles. The summed E-state index contributed by atoms with van der Waals surface area (Å²) < 4.78 is 5.69. The van der Waals surface area contributed by atoms with Gasteiger partial charge in [0, 0.05) is 18.7 Å². The van der Waals surface area contributed by atoms with E-state index in [0.29, 0.717) is 18.2 Å². The number of ether oxygens (including phenoxy) is 1. The fraction of sp³-hybridized carbons (Fsp3) is 0.692. The Morgan fingerprint density at radius 3 is 3.06 bits per heavy atom. The largest absolute Gasteiger partial charge is 0.377 e. The van der Waals surface area contributed by atoms with Crippen LogP contribution in [0.25, 0.3) is 0 Å². The molecular weight excluding hydrogens is 218 g/mol. The zero-order valence-corrected chi connectivity index (χ0v) is 10.9. The van der Waals surface area contributed by atoms with E-state index in [1.807, 2.05) is 0 Å². The van der Waals surface area contributed by atoms with E-state index in [-0.39, 0.29) is 0 Å². The first-order valence-electron chi connectivity index (χ1n) is 6.14. The smallest absolute Gasteiger partial charge is 0.0726 e. The molecule has 1 aromatic rings. The van der Waals surface area contributed by atoms with Crippen molar-refractivity contribution in [1.29, 1.82) is 0 Å². The number of nitrogens with one attached hydrogen (secondary N) is 1. The summed E-state index contributed by atoms with van der Waals surface area (Å²) >= 11 is 1.77. The number of thiophene rings is 1. The van der Waals surface area contributed by atoms with Crippen LogP contribution < -0.4 is 5.32 Å². The van der Waals surface area contributed by atoms with Gasteiger partial charge in [0.1, 0.15) is 0 Å². The van der Waals surface area contributed by atoms with Crippen molar-refractivity contribution in [1.82, 2.24) is 5.32 Å². The molecule has 90 valence electrons. The Bertz CT molecular complexity index is 293. The molecule has 2 nitrogen and oxygen atoms in total. The maximum Gasteiger partial charge on any atom is 0.0726 e. The summed E-state index contributed by atoms with van der Waals surface area (Å²) in [6.45, 7) is 5.43. The van der Waals surface area contributed by atoms with Crippen LogP contribution in [-0.2, 0) is 11.2 Å². The molecule has 1 fully saturated rings. The number of rotatable bonds is 5. The van der Waals surface area contributed by atoms with Crippen molar-refractivity contribution in [2.24, 2.45) is 0 Å². The van der Waals surface area contributed by atoms with Crippen molar-refractivity contribution in [2.45, 2.75) is 51.3 Å². The third-order valence-electron chi connectivity index (χ3n) is 3.19. The van der Waals surface area contributed by atoms with Gasteiger partial charge in [-0.25, -0.2) is 0 Å². The third kappa shape index (κ3) is 3.30. The van der Waals surface area contributed by atoms with Gasteiger partial charge in [-0.2, -0.15) is 11.3 Å². The molecule has 1 aliphatic heterocycles. The van der Waals surface area contributed by atoms with Crippen molar-refractivity contribution < 1.29 is 4.74 Å². The molecule has 0 radical (unpaired) electrons. The molecule has 0 amide bonds. The zero-order chi connectivity index (χ0) is 11.4. The average Bonchev–Trinajstić information content (AvgIpc) is 2.88. The summed E-state index contributed by atoms with van der Waals surface area (Å²) in [5, 5.41) is 8.02. The Morgan fingerprint density at radius 1 is 1.56 bits per heavy atom. The van der Waals surface area contributed by atoms with Gasteiger partial charge in [-0.1, -0.05) is 0 Å². The van der Waals surface area contributed by atoms with Gasteiger partial charge in [-0.3, -0.25) is 0 Å². The van der Waals surface area contributed by atoms with Crippen LogP contribution in [-0.4, -0.2) is 24.8 Å². The molecule has 3 atom stereocenters. The van der Waals surface area contributed by atoms with Crippen LogP contribution in [0.15, 0.2) is 16.8 Å². The highest BCUT2D eigenvalue weighted by atomic mass is 32.1. The van der Waals surface area contributed by atoms with E-state index < -0.39 is 0 Å². The minimum absolute atomic E-state index is 0.421. The molecule has 3 unspecified atom stereocenters. The molecule has 16 heavy (non-hydrogen) atoms. The third-order valence-corrected chi connectivity index (χ3v) is 3.92. The predicted octanol–water partition coefficient (Wildman–Crippen LogP) is 2.84. The van der Waals surface area contributed by atoms with E-state index in [0.717, 1.165) is 13.0 Å². The second kappa shape index (κ2) is 5.80. The Balaban J connectivity index is 1.75. The number of hydrogen-bond donors (Lipinski definition) is 1. The molecule has 0 saturated carbocycles. The van der Waals surface area contributed by atoms with Crippen molar-refractivity contribution in [3.05, 3.63) is 22.4 Å². The quantitative estimate of drug-likeness (QED) is 0.853. The Hall–Kier alpha value is -0.380. The van der Waals surface area contributed by atoms with Gasteiger partial charge in [-0.15, -0.1) is 0 Å². The highest BCUT2D eigenvalue weighted by molar-refractivity contribution is 7.07. The lowest BCUT2D eigenvalue weighted by Crippen LogP contribution is -2.42. The summed E-state index contributed by atoms with van der Waals surface area (Å²) in [6, 6.07) is 3.20. The van der Waals surface area contributed by atoms with Gasteiger partial charge in [0.25, 0.3) is 0 Å². The summed E-state index contributed by atoms with van der Waals surface area (Å²) in [6.07, 6.45) is 3.96. The van der Waals surface area contributed by atoms with Crippen LogP contribution >= 0.6 is 11.3 Å². The molecule has 3 heteroatoms. The van der Waals surface area contributed by atoms with E-state index in [1.54, 1.807) is 11.3 Å². The molecule has 1 aliphatic rings. The van der Waals surface area contributed by atoms with E-state index in [4.69, 9.17) is 4.74 Å². The minimum Gasteiger partial charge on any atom is -0.377 e. The predicted molar refractivity (Wildman–Crippen MR) is 69.1 cm³/mol. The lowest BCUT2D eigenvalue weighted by molar-refractivity contribution is 0.0804. The lowest BCUT2D eigenvalue weighted by atomic mass is 10.1. The van der Waals surface area contributed by atoms with E-state index >= 15 is 0 Å². The van der Waals surface area contributed by atoms with Crippen LogP contribution in [0, 0.1) is 0 Å². The Morgan fingerprint density at radius 2 is 2.44 bits per heavy atom. The SMILES string of the molecule is CC(Cc1ccsc1)NC(C)C1CCCO1. The molecular formula is C13H21NOS. The molecule has 2 rings (SSSR count). The van der Waals surface area contributed by atoms with Crippen LogP contribution in [0.2, 0.25) is 0 Å².